The second kappa shape index (κ2) is 6.43. The predicted octanol–water partition coefficient (Wildman–Crippen LogP) is 2.87. The van der Waals surface area contributed by atoms with Crippen LogP contribution >= 0.6 is 0 Å². The van der Waals surface area contributed by atoms with Crippen LogP contribution in [0.1, 0.15) is 31.2 Å². The summed E-state index contributed by atoms with van der Waals surface area (Å²) in [5.41, 5.74) is 7.33. The van der Waals surface area contributed by atoms with Crippen LogP contribution in [0.25, 0.3) is 22.6 Å². The van der Waals surface area contributed by atoms with Gasteiger partial charge in [0.2, 0.25) is 5.91 Å². The summed E-state index contributed by atoms with van der Waals surface area (Å²) < 4.78 is 38.8. The Morgan fingerprint density at radius 2 is 2.11 bits per heavy atom. The van der Waals surface area contributed by atoms with E-state index in [1.807, 2.05) is 0 Å². The first-order chi connectivity index (χ1) is 13.2. The maximum Gasteiger partial charge on any atom is 0.389 e. The zero-order valence-electron chi connectivity index (χ0n) is 14.8. The molecule has 8 nitrogen and oxygen atoms in total. The highest BCUT2D eigenvalue weighted by molar-refractivity contribution is 6.03. The summed E-state index contributed by atoms with van der Waals surface area (Å²) in [4.78, 5) is 24.8. The number of hydrogen-bond acceptors (Lipinski definition) is 6. The molecule has 3 aromatic rings. The molecule has 1 aliphatic rings. The third-order valence-corrected chi connectivity index (χ3v) is 4.59. The Bertz CT molecular complexity index is 1080. The normalized spacial score (nSPS) is 16.4. The van der Waals surface area contributed by atoms with Crippen molar-refractivity contribution < 1.29 is 18.0 Å². The molecule has 146 valence electrons. The molecule has 4 rings (SSSR count). The van der Waals surface area contributed by atoms with Crippen molar-refractivity contribution in [2.24, 2.45) is 0 Å². The molecular formula is C17H16F3N7O. The molecule has 0 aromatic carbocycles. The summed E-state index contributed by atoms with van der Waals surface area (Å²) in [6.07, 6.45) is -3.74. The monoisotopic (exact) mass is 391 g/mol. The molecule has 1 amide bonds. The second-order valence-corrected chi connectivity index (χ2v) is 6.57. The van der Waals surface area contributed by atoms with Gasteiger partial charge in [-0.3, -0.25) is 4.79 Å². The fraction of sp³-hybridized carbons (Fsp3) is 0.353. The number of nitrogens with zero attached hydrogens (tertiary/aromatic N) is 5. The fourth-order valence-corrected chi connectivity index (χ4v) is 3.23. The lowest BCUT2D eigenvalue weighted by Gasteiger charge is -2.07. The molecule has 1 atom stereocenters. The number of aryl methyl sites for hydroxylation is 1. The first-order valence-electron chi connectivity index (χ1n) is 8.61. The maximum absolute atomic E-state index is 12.5. The molecule has 11 heteroatoms. The number of anilines is 2. The summed E-state index contributed by atoms with van der Waals surface area (Å²) in [5.74, 6) is -0.0175. The summed E-state index contributed by atoms with van der Waals surface area (Å²) >= 11 is 0. The van der Waals surface area contributed by atoms with E-state index in [4.69, 9.17) is 5.73 Å². The average molecular weight is 391 g/mol. The predicted molar refractivity (Wildman–Crippen MR) is 95.3 cm³/mol. The van der Waals surface area contributed by atoms with E-state index < -0.39 is 18.5 Å². The van der Waals surface area contributed by atoms with Crippen molar-refractivity contribution in [3.8, 4) is 11.5 Å². The van der Waals surface area contributed by atoms with Crippen molar-refractivity contribution in [1.82, 2.24) is 24.7 Å². The highest BCUT2D eigenvalue weighted by atomic mass is 19.4. The topological polar surface area (TPSA) is 112 Å². The molecule has 4 heterocycles. The number of rotatable bonds is 4. The van der Waals surface area contributed by atoms with Gasteiger partial charge in [0.25, 0.3) is 0 Å². The van der Waals surface area contributed by atoms with Crippen LogP contribution in [0.2, 0.25) is 0 Å². The molecule has 0 spiro atoms. The number of fused-ring (bicyclic) bond motifs is 2. The smallest absolute Gasteiger partial charge is 0.383 e. The molecule has 0 unspecified atom stereocenters. The van der Waals surface area contributed by atoms with Crippen molar-refractivity contribution in [1.29, 1.82) is 0 Å². The Morgan fingerprint density at radius 3 is 2.86 bits per heavy atom. The Hall–Kier alpha value is -3.24. The van der Waals surface area contributed by atoms with Crippen LogP contribution in [0.15, 0.2) is 18.3 Å². The van der Waals surface area contributed by atoms with E-state index in [0.717, 1.165) is 0 Å². The third kappa shape index (κ3) is 3.12. The minimum Gasteiger partial charge on any atom is -0.383 e. The minimum absolute atomic E-state index is 0.0429. The summed E-state index contributed by atoms with van der Waals surface area (Å²) in [7, 11) is 0. The zero-order chi connectivity index (χ0) is 20.1. The number of aromatic nitrogens is 5. The highest BCUT2D eigenvalue weighted by Gasteiger charge is 2.32. The van der Waals surface area contributed by atoms with Crippen molar-refractivity contribution in [2.75, 3.05) is 11.1 Å². The van der Waals surface area contributed by atoms with E-state index >= 15 is 0 Å². The number of nitrogens with two attached hydrogens (primary N) is 1. The molecule has 3 N–H and O–H groups in total. The number of carbonyl (C=O) groups excluding carboxylic acids is 1. The summed E-state index contributed by atoms with van der Waals surface area (Å²) in [6.45, 7) is 1.75. The lowest BCUT2D eigenvalue weighted by Crippen LogP contribution is -2.10. The molecule has 1 aliphatic heterocycles. The average Bonchev–Trinajstić information content (AvgIpc) is 3.12. The van der Waals surface area contributed by atoms with Crippen molar-refractivity contribution in [3.63, 3.8) is 0 Å². The Kier molecular flexibility index (Phi) is 4.16. The van der Waals surface area contributed by atoms with E-state index in [-0.39, 0.29) is 30.5 Å². The van der Waals surface area contributed by atoms with Crippen LogP contribution in [0, 0.1) is 0 Å². The molecular weight excluding hydrogens is 375 g/mol. The number of pyridine rings is 1. The lowest BCUT2D eigenvalue weighted by atomic mass is 10.1. The Morgan fingerprint density at radius 1 is 1.32 bits per heavy atom. The van der Waals surface area contributed by atoms with Gasteiger partial charge < -0.3 is 11.1 Å². The number of alkyl halides is 3. The lowest BCUT2D eigenvalue weighted by molar-refractivity contribution is -0.136. The van der Waals surface area contributed by atoms with Crippen LogP contribution < -0.4 is 11.1 Å². The van der Waals surface area contributed by atoms with Crippen molar-refractivity contribution in [2.45, 2.75) is 38.4 Å². The van der Waals surface area contributed by atoms with Crippen molar-refractivity contribution in [3.05, 3.63) is 23.9 Å². The largest absolute Gasteiger partial charge is 0.389 e. The quantitative estimate of drug-likeness (QED) is 0.707. The molecule has 0 radical (unpaired) electrons. The van der Waals surface area contributed by atoms with Crippen LogP contribution in [0.3, 0.4) is 0 Å². The van der Waals surface area contributed by atoms with Gasteiger partial charge in [0.05, 0.1) is 11.3 Å². The van der Waals surface area contributed by atoms with Gasteiger partial charge in [-0.2, -0.15) is 18.3 Å². The molecule has 0 saturated carbocycles. The first kappa shape index (κ1) is 18.1. The van der Waals surface area contributed by atoms with Gasteiger partial charge in [-0.25, -0.2) is 19.6 Å². The number of nitrogen functional groups attached to an aromatic ring is 1. The highest BCUT2D eigenvalue weighted by Crippen LogP contribution is 2.36. The summed E-state index contributed by atoms with van der Waals surface area (Å²) in [6, 6.07) is 3.42. The fourth-order valence-electron chi connectivity index (χ4n) is 3.23. The van der Waals surface area contributed by atoms with E-state index in [9.17, 15) is 18.0 Å². The molecule has 0 aliphatic carbocycles. The molecule has 28 heavy (non-hydrogen) atoms. The van der Waals surface area contributed by atoms with Gasteiger partial charge in [-0.1, -0.05) is 0 Å². The standard InChI is InChI=1S/C17H16F3N7O/c1-8-10-12(21)23-14(24-13(10)25-16(8)28)11-9-4-2-6-22-15(9)27(26-11)7-3-5-17(18,19)20/h2,4,6,8H,3,5,7H2,1H3,(H3,21,23,24,25,28)/t8-/m1/s1. The third-order valence-electron chi connectivity index (χ3n) is 4.59. The van der Waals surface area contributed by atoms with Gasteiger partial charge in [0.15, 0.2) is 11.5 Å². The number of hydrogen-bond donors (Lipinski definition) is 2. The number of carbonyl (C=O) groups is 1. The minimum atomic E-state index is -4.23. The second-order valence-electron chi connectivity index (χ2n) is 6.57. The molecule has 0 fully saturated rings. The van der Waals surface area contributed by atoms with Crippen LogP contribution in [-0.2, 0) is 11.3 Å². The van der Waals surface area contributed by atoms with Crippen LogP contribution in [-0.4, -0.2) is 36.8 Å². The number of halogens is 3. The number of nitrogens with one attached hydrogen (secondary N) is 1. The van der Waals surface area contributed by atoms with Gasteiger partial charge in [-0.15, -0.1) is 0 Å². The zero-order valence-corrected chi connectivity index (χ0v) is 14.8. The van der Waals surface area contributed by atoms with E-state index in [1.54, 1.807) is 19.1 Å². The molecule has 3 aromatic heterocycles. The van der Waals surface area contributed by atoms with E-state index in [1.165, 1.54) is 10.9 Å². The number of amides is 1. The van der Waals surface area contributed by atoms with Gasteiger partial charge in [0.1, 0.15) is 17.3 Å². The molecule has 0 saturated heterocycles. The van der Waals surface area contributed by atoms with Gasteiger partial charge in [0, 0.05) is 24.7 Å². The Labute approximate surface area is 157 Å². The van der Waals surface area contributed by atoms with E-state index in [0.29, 0.717) is 28.1 Å². The van der Waals surface area contributed by atoms with Crippen molar-refractivity contribution >= 4 is 28.6 Å². The SMILES string of the molecule is C[C@H]1C(=O)Nc2nc(-c3nn(CCCC(F)(F)F)c4ncccc34)nc(N)c21. The molecule has 0 bridgehead atoms. The maximum atomic E-state index is 12.5. The van der Waals surface area contributed by atoms with Gasteiger partial charge in [-0.05, 0) is 25.5 Å². The first-order valence-corrected chi connectivity index (χ1v) is 8.61. The van der Waals surface area contributed by atoms with Crippen LogP contribution in [0.5, 0.6) is 0 Å². The van der Waals surface area contributed by atoms with Crippen LogP contribution in [0.4, 0.5) is 24.8 Å². The van der Waals surface area contributed by atoms with Gasteiger partial charge >= 0.3 is 6.18 Å². The Balaban J connectivity index is 1.75. The summed E-state index contributed by atoms with van der Waals surface area (Å²) in [5, 5.41) is 7.63. The van der Waals surface area contributed by atoms with E-state index in [2.05, 4.69) is 25.4 Å².